The second-order valence-electron chi connectivity index (χ2n) is 5.38. The predicted molar refractivity (Wildman–Crippen MR) is 87.7 cm³/mol. The van der Waals surface area contributed by atoms with Crippen molar-refractivity contribution in [1.82, 2.24) is 5.32 Å². The highest BCUT2D eigenvalue weighted by Crippen LogP contribution is 2.17. The lowest BCUT2D eigenvalue weighted by Crippen LogP contribution is -2.33. The van der Waals surface area contributed by atoms with Gasteiger partial charge in [-0.15, -0.1) is 0 Å². The molecule has 0 atom stereocenters. The van der Waals surface area contributed by atoms with Gasteiger partial charge in [0.1, 0.15) is 5.82 Å². The van der Waals surface area contributed by atoms with E-state index < -0.39 is 0 Å². The predicted octanol–water partition coefficient (Wildman–Crippen LogP) is 2.74. The van der Waals surface area contributed by atoms with Crippen molar-refractivity contribution in [3.63, 3.8) is 0 Å². The van der Waals surface area contributed by atoms with Gasteiger partial charge in [0, 0.05) is 5.69 Å². The van der Waals surface area contributed by atoms with Crippen LogP contribution in [0.5, 0.6) is 0 Å². The number of carbonyl (C=O) groups is 2. The first-order valence-corrected chi connectivity index (χ1v) is 7.33. The zero-order chi connectivity index (χ0) is 16.8. The Kier molecular flexibility index (Phi) is 5.46. The maximum atomic E-state index is 13.0. The van der Waals surface area contributed by atoms with Gasteiger partial charge in [-0.05, 0) is 48.7 Å². The Hall–Kier alpha value is -2.69. The topological polar surface area (TPSA) is 58.2 Å². The number of benzene rings is 2. The van der Waals surface area contributed by atoms with E-state index in [1.165, 1.54) is 12.1 Å². The molecule has 2 amide bonds. The van der Waals surface area contributed by atoms with E-state index in [1.807, 2.05) is 32.0 Å². The highest BCUT2D eigenvalue weighted by Gasteiger charge is 2.09. The molecule has 2 aromatic rings. The Morgan fingerprint density at radius 3 is 2.52 bits per heavy atom. The third kappa shape index (κ3) is 4.92. The molecule has 0 spiro atoms. The summed E-state index contributed by atoms with van der Waals surface area (Å²) < 4.78 is 13.0. The molecule has 0 saturated carbocycles. The quantitative estimate of drug-likeness (QED) is 0.891. The molecule has 5 heteroatoms. The van der Waals surface area contributed by atoms with E-state index in [0.717, 1.165) is 16.8 Å². The third-order valence-corrected chi connectivity index (χ3v) is 3.58. The van der Waals surface area contributed by atoms with Gasteiger partial charge in [-0.3, -0.25) is 9.59 Å². The van der Waals surface area contributed by atoms with Crippen molar-refractivity contribution in [1.29, 1.82) is 0 Å². The van der Waals surface area contributed by atoms with Gasteiger partial charge in [0.15, 0.2) is 0 Å². The number of hydrogen-bond donors (Lipinski definition) is 2. The highest BCUT2D eigenvalue weighted by atomic mass is 19.1. The van der Waals surface area contributed by atoms with Crippen LogP contribution in [-0.4, -0.2) is 18.4 Å². The van der Waals surface area contributed by atoms with Crippen LogP contribution in [0.4, 0.5) is 10.1 Å². The van der Waals surface area contributed by atoms with Gasteiger partial charge in [-0.25, -0.2) is 4.39 Å². The number of carbonyl (C=O) groups excluding carboxylic acids is 2. The molecule has 120 valence electrons. The minimum atomic E-state index is -0.386. The van der Waals surface area contributed by atoms with Crippen LogP contribution in [-0.2, 0) is 16.0 Å². The molecule has 0 unspecified atom stereocenters. The summed E-state index contributed by atoms with van der Waals surface area (Å²) >= 11 is 0. The largest absolute Gasteiger partial charge is 0.347 e. The first-order valence-electron chi connectivity index (χ1n) is 7.33. The van der Waals surface area contributed by atoms with Gasteiger partial charge in [-0.2, -0.15) is 0 Å². The van der Waals surface area contributed by atoms with E-state index in [0.29, 0.717) is 5.56 Å². The van der Waals surface area contributed by atoms with Crippen molar-refractivity contribution in [2.45, 2.75) is 20.3 Å². The van der Waals surface area contributed by atoms with E-state index in [2.05, 4.69) is 10.6 Å². The second kappa shape index (κ2) is 7.54. The first-order chi connectivity index (χ1) is 11.0. The number of nitrogens with one attached hydrogen (secondary N) is 2. The number of amides is 2. The van der Waals surface area contributed by atoms with Gasteiger partial charge in [0.25, 0.3) is 0 Å². The molecule has 0 fully saturated rings. The molecule has 0 saturated heterocycles. The Morgan fingerprint density at radius 1 is 1.04 bits per heavy atom. The fourth-order valence-corrected chi connectivity index (χ4v) is 2.15. The van der Waals surface area contributed by atoms with E-state index >= 15 is 0 Å². The van der Waals surface area contributed by atoms with Gasteiger partial charge < -0.3 is 10.6 Å². The standard InChI is InChI=1S/C18H19FN2O2/c1-12-5-3-8-16(13(12)2)21-18(23)11-20-17(22)10-14-6-4-7-15(19)9-14/h3-9H,10-11H2,1-2H3,(H,20,22)(H,21,23). The molecule has 23 heavy (non-hydrogen) atoms. The van der Waals surface area contributed by atoms with Gasteiger partial charge in [0.05, 0.1) is 13.0 Å². The molecular formula is C18H19FN2O2. The maximum Gasteiger partial charge on any atom is 0.243 e. The lowest BCUT2D eigenvalue weighted by Gasteiger charge is -2.11. The van der Waals surface area contributed by atoms with Gasteiger partial charge in [0.2, 0.25) is 11.8 Å². The van der Waals surface area contributed by atoms with Crippen LogP contribution in [0.1, 0.15) is 16.7 Å². The highest BCUT2D eigenvalue weighted by molar-refractivity contribution is 5.95. The molecule has 0 aliphatic rings. The molecular weight excluding hydrogens is 295 g/mol. The molecule has 0 bridgehead atoms. The van der Waals surface area contributed by atoms with Crippen LogP contribution in [0.3, 0.4) is 0 Å². The van der Waals surface area contributed by atoms with E-state index in [9.17, 15) is 14.0 Å². The van der Waals surface area contributed by atoms with Crippen LogP contribution in [0.15, 0.2) is 42.5 Å². The zero-order valence-corrected chi connectivity index (χ0v) is 13.2. The third-order valence-electron chi connectivity index (χ3n) is 3.58. The minimum Gasteiger partial charge on any atom is -0.347 e. The molecule has 0 aliphatic carbocycles. The number of anilines is 1. The summed E-state index contributed by atoms with van der Waals surface area (Å²) in [5.74, 6) is -1.01. The Morgan fingerprint density at radius 2 is 1.78 bits per heavy atom. The molecule has 0 heterocycles. The van der Waals surface area contributed by atoms with Crippen LogP contribution < -0.4 is 10.6 Å². The maximum absolute atomic E-state index is 13.0. The summed E-state index contributed by atoms with van der Waals surface area (Å²) in [5.41, 5.74) is 3.37. The van der Waals surface area contributed by atoms with Crippen LogP contribution >= 0.6 is 0 Å². The van der Waals surface area contributed by atoms with E-state index in [1.54, 1.807) is 12.1 Å². The van der Waals surface area contributed by atoms with Crippen LogP contribution in [0, 0.1) is 19.7 Å². The van der Waals surface area contributed by atoms with Crippen LogP contribution in [0.25, 0.3) is 0 Å². The monoisotopic (exact) mass is 314 g/mol. The normalized spacial score (nSPS) is 10.2. The number of hydrogen-bond acceptors (Lipinski definition) is 2. The van der Waals surface area contributed by atoms with Crippen molar-refractivity contribution < 1.29 is 14.0 Å². The number of aryl methyl sites for hydroxylation is 1. The van der Waals surface area contributed by atoms with Crippen LogP contribution in [0.2, 0.25) is 0 Å². The number of halogens is 1. The molecule has 2 aromatic carbocycles. The summed E-state index contributed by atoms with van der Waals surface area (Å²) in [6.07, 6.45) is 0.0362. The summed E-state index contributed by atoms with van der Waals surface area (Å²) in [4.78, 5) is 23.7. The fourth-order valence-electron chi connectivity index (χ4n) is 2.15. The van der Waals surface area contributed by atoms with E-state index in [-0.39, 0.29) is 30.6 Å². The van der Waals surface area contributed by atoms with Crippen molar-refractivity contribution in [3.8, 4) is 0 Å². The minimum absolute atomic E-state index is 0.0362. The van der Waals surface area contributed by atoms with Crippen molar-refractivity contribution >= 4 is 17.5 Å². The van der Waals surface area contributed by atoms with Crippen molar-refractivity contribution in [2.75, 3.05) is 11.9 Å². The Labute approximate surface area is 134 Å². The molecule has 4 nitrogen and oxygen atoms in total. The molecule has 0 aromatic heterocycles. The zero-order valence-electron chi connectivity index (χ0n) is 13.2. The molecule has 0 aliphatic heterocycles. The molecule has 0 radical (unpaired) electrons. The summed E-state index contributed by atoms with van der Waals surface area (Å²) in [6.45, 7) is 3.76. The van der Waals surface area contributed by atoms with Crippen molar-refractivity contribution in [3.05, 3.63) is 65.0 Å². The Bertz CT molecular complexity index is 729. The molecule has 2 rings (SSSR count). The second-order valence-corrected chi connectivity index (χ2v) is 5.38. The van der Waals surface area contributed by atoms with Gasteiger partial charge >= 0.3 is 0 Å². The number of rotatable bonds is 5. The average Bonchev–Trinajstić information content (AvgIpc) is 2.50. The Balaban J connectivity index is 1.84. The molecule has 2 N–H and O–H groups in total. The summed E-state index contributed by atoms with van der Waals surface area (Å²) in [5, 5.41) is 5.30. The summed E-state index contributed by atoms with van der Waals surface area (Å²) in [6, 6.07) is 11.5. The van der Waals surface area contributed by atoms with Gasteiger partial charge in [-0.1, -0.05) is 24.3 Å². The van der Waals surface area contributed by atoms with Crippen molar-refractivity contribution in [2.24, 2.45) is 0 Å². The lowest BCUT2D eigenvalue weighted by molar-refractivity contribution is -0.123. The van der Waals surface area contributed by atoms with E-state index in [4.69, 9.17) is 0 Å². The fraction of sp³-hybridized carbons (Fsp3) is 0.222. The first kappa shape index (κ1) is 16.7. The average molecular weight is 314 g/mol. The summed E-state index contributed by atoms with van der Waals surface area (Å²) in [7, 11) is 0. The SMILES string of the molecule is Cc1cccc(NC(=O)CNC(=O)Cc2cccc(F)c2)c1C. The lowest BCUT2D eigenvalue weighted by atomic mass is 10.1. The smallest absolute Gasteiger partial charge is 0.243 e.